The maximum absolute atomic E-state index is 4.66. The molecule has 1 aliphatic rings. The van der Waals surface area contributed by atoms with Gasteiger partial charge in [-0.15, -0.1) is 0 Å². The van der Waals surface area contributed by atoms with Crippen LogP contribution in [0.1, 0.15) is 32.6 Å². The van der Waals surface area contributed by atoms with Gasteiger partial charge < -0.3 is 0 Å². The highest BCUT2D eigenvalue weighted by Crippen LogP contribution is 2.37. The monoisotopic (exact) mass is 229 g/mol. The van der Waals surface area contributed by atoms with Crippen molar-refractivity contribution < 1.29 is 0 Å². The quantitative estimate of drug-likeness (QED) is 0.496. The Hall–Kier alpha value is 0.237. The molecule has 0 heterocycles. The van der Waals surface area contributed by atoms with Gasteiger partial charge in [0.15, 0.2) is 0 Å². The Labute approximate surface area is 93.4 Å². The van der Waals surface area contributed by atoms with Crippen molar-refractivity contribution in [2.75, 3.05) is 6.54 Å². The van der Waals surface area contributed by atoms with Crippen LogP contribution < -0.4 is 0 Å². The van der Waals surface area contributed by atoms with Crippen LogP contribution in [0.15, 0.2) is 4.99 Å². The average molecular weight is 229 g/mol. The van der Waals surface area contributed by atoms with Crippen molar-refractivity contribution in [3.63, 3.8) is 0 Å². The maximum Gasteiger partial charge on any atom is 0.109 e. The summed E-state index contributed by atoms with van der Waals surface area (Å²) >= 11 is 2.20. The molecule has 0 aromatic heterocycles. The molecule has 1 saturated carbocycles. The molecule has 0 aromatic carbocycles. The molecule has 1 aliphatic carbocycles. The lowest BCUT2D eigenvalue weighted by Crippen LogP contribution is -2.15. The first-order chi connectivity index (χ1) is 6.53. The van der Waals surface area contributed by atoms with Gasteiger partial charge in [-0.2, -0.15) is 11.2 Å². The molecule has 82 valence electrons. The van der Waals surface area contributed by atoms with Gasteiger partial charge in [0.05, 0.1) is 0 Å². The van der Waals surface area contributed by atoms with E-state index in [0.717, 1.165) is 11.8 Å². The normalized spacial score (nSPS) is 24.3. The largest absolute Gasteiger partial charge is 0.293 e. The molecule has 0 spiro atoms. The number of unbranched alkanes of at least 4 members (excludes halogenated alkanes) is 2. The van der Waals surface area contributed by atoms with Crippen molar-refractivity contribution in [2.24, 2.45) is 4.99 Å². The van der Waals surface area contributed by atoms with Gasteiger partial charge in [-0.05, 0) is 6.42 Å². The third-order valence-electron chi connectivity index (χ3n) is 2.18. The van der Waals surface area contributed by atoms with E-state index in [1.807, 2.05) is 0 Å². The Kier molecular flexibility index (Phi) is 4.71. The highest BCUT2D eigenvalue weighted by molar-refractivity contribution is 8.29. The Morgan fingerprint density at radius 3 is 2.64 bits per heavy atom. The molecular formula is C11H23NSSi. The summed E-state index contributed by atoms with van der Waals surface area (Å²) in [5, 5.41) is 0.809. The molecule has 0 saturated heterocycles. The topological polar surface area (TPSA) is 12.4 Å². The molecule has 3 heteroatoms. The fourth-order valence-corrected chi connectivity index (χ4v) is 5.96. The van der Waals surface area contributed by atoms with Crippen molar-refractivity contribution in [3.8, 4) is 0 Å². The molecule has 1 unspecified atom stereocenters. The van der Waals surface area contributed by atoms with Crippen molar-refractivity contribution >= 4 is 24.1 Å². The lowest BCUT2D eigenvalue weighted by molar-refractivity contribution is 0.729. The summed E-state index contributed by atoms with van der Waals surface area (Å²) in [5.41, 5.74) is 1.49. The van der Waals surface area contributed by atoms with Crippen LogP contribution in [-0.2, 0) is 0 Å². The number of hydrogen-bond donors (Lipinski definition) is 0. The van der Waals surface area contributed by atoms with Crippen LogP contribution in [-0.4, -0.2) is 24.7 Å². The third kappa shape index (κ3) is 5.20. The van der Waals surface area contributed by atoms with Crippen molar-refractivity contribution in [1.29, 1.82) is 0 Å². The molecule has 14 heavy (non-hydrogen) atoms. The lowest BCUT2D eigenvalue weighted by Gasteiger charge is -2.13. The molecule has 1 nitrogen and oxygen atoms in total. The molecule has 0 N–H and O–H groups in total. The fourth-order valence-electron chi connectivity index (χ4n) is 1.42. The first kappa shape index (κ1) is 12.3. The van der Waals surface area contributed by atoms with Gasteiger partial charge >= 0.3 is 0 Å². The molecular weight excluding hydrogens is 206 g/mol. The maximum atomic E-state index is 4.66. The first-order valence-corrected chi connectivity index (χ1v) is 10.8. The summed E-state index contributed by atoms with van der Waals surface area (Å²) in [6.45, 7) is 10.6. The zero-order valence-corrected chi connectivity index (χ0v) is 11.8. The van der Waals surface area contributed by atoms with E-state index in [1.54, 1.807) is 0 Å². The molecule has 0 bridgehead atoms. The summed E-state index contributed by atoms with van der Waals surface area (Å²) in [7, 11) is -0.918. The molecule has 0 aromatic rings. The van der Waals surface area contributed by atoms with Gasteiger partial charge in [0, 0.05) is 23.9 Å². The first-order valence-electron chi connectivity index (χ1n) is 5.74. The number of aliphatic imine (C=N–C) groups is 1. The highest BCUT2D eigenvalue weighted by Gasteiger charge is 2.36. The fraction of sp³-hybridized carbons (Fsp3) is 0.909. The van der Waals surface area contributed by atoms with Gasteiger partial charge in [-0.3, -0.25) is 4.99 Å². The van der Waals surface area contributed by atoms with Crippen LogP contribution in [0.4, 0.5) is 0 Å². The molecule has 1 fully saturated rings. The van der Waals surface area contributed by atoms with E-state index in [0.29, 0.717) is 0 Å². The predicted octanol–water partition coefficient (Wildman–Crippen LogP) is 3.96. The summed E-state index contributed by atoms with van der Waals surface area (Å²) in [6.07, 6.45) is 5.20. The SMILES string of the molecule is CCCCC/N=C1\CC1S[Si](C)(C)C. The average Bonchev–Trinajstić information content (AvgIpc) is 2.74. The highest BCUT2D eigenvalue weighted by atomic mass is 32.4. The number of hydrogen-bond acceptors (Lipinski definition) is 2. The van der Waals surface area contributed by atoms with E-state index in [4.69, 9.17) is 0 Å². The smallest absolute Gasteiger partial charge is 0.109 e. The van der Waals surface area contributed by atoms with Crippen molar-refractivity contribution in [2.45, 2.75) is 57.5 Å². The van der Waals surface area contributed by atoms with E-state index in [1.165, 1.54) is 31.4 Å². The van der Waals surface area contributed by atoms with E-state index in [9.17, 15) is 0 Å². The minimum absolute atomic E-state index is 0.809. The van der Waals surface area contributed by atoms with Crippen LogP contribution >= 0.6 is 11.2 Å². The van der Waals surface area contributed by atoms with E-state index < -0.39 is 7.22 Å². The summed E-state index contributed by atoms with van der Waals surface area (Å²) in [6, 6.07) is 0. The van der Waals surface area contributed by atoms with Gasteiger partial charge in [0.25, 0.3) is 0 Å². The molecule has 0 radical (unpaired) electrons. The lowest BCUT2D eigenvalue weighted by atomic mass is 10.2. The van der Waals surface area contributed by atoms with Gasteiger partial charge in [0.2, 0.25) is 0 Å². The van der Waals surface area contributed by atoms with Crippen molar-refractivity contribution in [3.05, 3.63) is 0 Å². The second-order valence-electron chi connectivity index (χ2n) is 5.00. The van der Waals surface area contributed by atoms with Gasteiger partial charge in [0.1, 0.15) is 7.22 Å². The van der Waals surface area contributed by atoms with Crippen molar-refractivity contribution in [1.82, 2.24) is 0 Å². The van der Waals surface area contributed by atoms with Crippen LogP contribution in [0.2, 0.25) is 19.6 Å². The zero-order chi connectivity index (χ0) is 10.6. The molecule has 0 amide bonds. The second kappa shape index (κ2) is 5.36. The standard InChI is InChI=1S/C11H23NSSi/c1-5-6-7-8-12-10-9-11(10)13-14(2,3)4/h11H,5-9H2,1-4H3/b12-10+. The predicted molar refractivity (Wildman–Crippen MR) is 71.2 cm³/mol. The molecule has 1 rings (SSSR count). The minimum atomic E-state index is -0.918. The van der Waals surface area contributed by atoms with Crippen LogP contribution in [0, 0.1) is 0 Å². The molecule has 1 atom stereocenters. The van der Waals surface area contributed by atoms with Crippen LogP contribution in [0.3, 0.4) is 0 Å². The van der Waals surface area contributed by atoms with Crippen LogP contribution in [0.5, 0.6) is 0 Å². The summed E-state index contributed by atoms with van der Waals surface area (Å²) < 4.78 is 0. The second-order valence-corrected chi connectivity index (χ2v) is 14.4. The van der Waals surface area contributed by atoms with Gasteiger partial charge in [-0.1, -0.05) is 39.4 Å². The van der Waals surface area contributed by atoms with E-state index in [2.05, 4.69) is 42.8 Å². The zero-order valence-electron chi connectivity index (χ0n) is 9.97. The Morgan fingerprint density at radius 1 is 1.36 bits per heavy atom. The summed E-state index contributed by atoms with van der Waals surface area (Å²) in [5.74, 6) is 0. The summed E-state index contributed by atoms with van der Waals surface area (Å²) in [4.78, 5) is 4.66. The number of nitrogens with zero attached hydrogens (tertiary/aromatic N) is 1. The van der Waals surface area contributed by atoms with E-state index >= 15 is 0 Å². The minimum Gasteiger partial charge on any atom is -0.293 e. The third-order valence-corrected chi connectivity index (χ3v) is 6.58. The number of rotatable bonds is 6. The Bertz CT molecular complexity index is 208. The van der Waals surface area contributed by atoms with Crippen LogP contribution in [0.25, 0.3) is 0 Å². The molecule has 0 aliphatic heterocycles. The van der Waals surface area contributed by atoms with E-state index in [-0.39, 0.29) is 0 Å². The van der Waals surface area contributed by atoms with Gasteiger partial charge in [-0.25, -0.2) is 0 Å². The Balaban J connectivity index is 2.12. The Morgan fingerprint density at radius 2 is 2.07 bits per heavy atom.